The fraction of sp³-hybridized carbons (Fsp3) is 0.200. The molecule has 0 bridgehead atoms. The zero-order chi connectivity index (χ0) is 14.9. The Bertz CT molecular complexity index is 704. The maximum absolute atomic E-state index is 12.7. The molecule has 20 heavy (non-hydrogen) atoms. The molecule has 0 saturated carbocycles. The molecule has 0 aliphatic heterocycles. The molecule has 2 aromatic carbocycles. The monoisotopic (exact) mass is 353 g/mol. The third-order valence-electron chi connectivity index (χ3n) is 3.23. The van der Waals surface area contributed by atoms with Crippen molar-refractivity contribution in [3.05, 3.63) is 58.1 Å². The topological polar surface area (TPSA) is 37.4 Å². The molecular formula is C15H16BrNO2S. The van der Waals surface area contributed by atoms with E-state index in [0.717, 1.165) is 21.3 Å². The number of halogens is 1. The van der Waals surface area contributed by atoms with E-state index in [-0.39, 0.29) is 4.90 Å². The van der Waals surface area contributed by atoms with Crippen molar-refractivity contribution >= 4 is 31.6 Å². The molecule has 0 spiro atoms. The summed E-state index contributed by atoms with van der Waals surface area (Å²) < 4.78 is 27.5. The van der Waals surface area contributed by atoms with Gasteiger partial charge in [-0.15, -0.1) is 0 Å². The molecule has 0 radical (unpaired) electrons. The Morgan fingerprint density at radius 1 is 0.950 bits per heavy atom. The predicted octanol–water partition coefficient (Wildman–Crippen LogP) is 3.89. The van der Waals surface area contributed by atoms with Gasteiger partial charge >= 0.3 is 0 Å². The largest absolute Gasteiger partial charge is 0.269 e. The SMILES string of the molecule is Cc1cccc(C)c1N(C)S(=O)(=O)c1ccc(Br)cc1. The Kier molecular flexibility index (Phi) is 4.20. The highest BCUT2D eigenvalue weighted by Crippen LogP contribution is 2.28. The molecule has 0 aliphatic carbocycles. The Labute approximate surface area is 128 Å². The highest BCUT2D eigenvalue weighted by molar-refractivity contribution is 9.10. The van der Waals surface area contributed by atoms with Gasteiger partial charge in [0.25, 0.3) is 10.0 Å². The number of benzene rings is 2. The van der Waals surface area contributed by atoms with Crippen LogP contribution in [0.3, 0.4) is 0 Å². The predicted molar refractivity (Wildman–Crippen MR) is 85.6 cm³/mol. The van der Waals surface area contributed by atoms with E-state index in [1.165, 1.54) is 4.31 Å². The second-order valence-electron chi connectivity index (χ2n) is 4.67. The number of nitrogens with zero attached hydrogens (tertiary/aromatic N) is 1. The van der Waals surface area contributed by atoms with Gasteiger partial charge in [0.1, 0.15) is 0 Å². The van der Waals surface area contributed by atoms with Gasteiger partial charge in [-0.25, -0.2) is 8.42 Å². The van der Waals surface area contributed by atoms with Crippen LogP contribution < -0.4 is 4.31 Å². The summed E-state index contributed by atoms with van der Waals surface area (Å²) in [5, 5.41) is 0. The molecular weight excluding hydrogens is 338 g/mol. The average Bonchev–Trinajstić information content (AvgIpc) is 2.38. The molecule has 0 N–H and O–H groups in total. The number of para-hydroxylation sites is 1. The first kappa shape index (κ1) is 15.1. The van der Waals surface area contributed by atoms with Crippen molar-refractivity contribution in [2.24, 2.45) is 0 Å². The molecule has 0 heterocycles. The third-order valence-corrected chi connectivity index (χ3v) is 5.53. The van der Waals surface area contributed by atoms with E-state index in [2.05, 4.69) is 15.9 Å². The molecule has 0 aliphatic rings. The van der Waals surface area contributed by atoms with Crippen LogP contribution in [0, 0.1) is 13.8 Å². The summed E-state index contributed by atoms with van der Waals surface area (Å²) in [5.74, 6) is 0. The zero-order valence-corrected chi connectivity index (χ0v) is 14.0. The van der Waals surface area contributed by atoms with Crippen LogP contribution in [-0.4, -0.2) is 15.5 Å². The van der Waals surface area contributed by atoms with Crippen molar-refractivity contribution < 1.29 is 8.42 Å². The molecule has 106 valence electrons. The summed E-state index contributed by atoms with van der Waals surface area (Å²) in [5.41, 5.74) is 2.61. The van der Waals surface area contributed by atoms with Gasteiger partial charge < -0.3 is 0 Å². The van der Waals surface area contributed by atoms with Crippen LogP contribution in [0.1, 0.15) is 11.1 Å². The van der Waals surface area contributed by atoms with E-state index in [0.29, 0.717) is 0 Å². The number of aryl methyl sites for hydroxylation is 2. The summed E-state index contributed by atoms with van der Waals surface area (Å²) >= 11 is 3.31. The van der Waals surface area contributed by atoms with Gasteiger partial charge in [0, 0.05) is 11.5 Å². The summed E-state index contributed by atoms with van der Waals surface area (Å²) in [4.78, 5) is 0.283. The lowest BCUT2D eigenvalue weighted by Gasteiger charge is -2.23. The van der Waals surface area contributed by atoms with Crippen molar-refractivity contribution in [2.45, 2.75) is 18.7 Å². The number of hydrogen-bond acceptors (Lipinski definition) is 2. The minimum absolute atomic E-state index is 0.283. The van der Waals surface area contributed by atoms with Crippen LogP contribution >= 0.6 is 15.9 Å². The van der Waals surface area contributed by atoms with Gasteiger partial charge in [-0.2, -0.15) is 0 Å². The van der Waals surface area contributed by atoms with Gasteiger partial charge in [0.15, 0.2) is 0 Å². The van der Waals surface area contributed by atoms with E-state index in [4.69, 9.17) is 0 Å². The van der Waals surface area contributed by atoms with Crippen molar-refractivity contribution in [2.75, 3.05) is 11.4 Å². The Hall–Kier alpha value is -1.33. The first-order chi connectivity index (χ1) is 9.34. The maximum Gasteiger partial charge on any atom is 0.264 e. The molecule has 2 aromatic rings. The summed E-state index contributed by atoms with van der Waals surface area (Å²) in [6.45, 7) is 3.83. The lowest BCUT2D eigenvalue weighted by atomic mass is 10.1. The molecule has 0 saturated heterocycles. The lowest BCUT2D eigenvalue weighted by molar-refractivity contribution is 0.594. The van der Waals surface area contributed by atoms with Crippen LogP contribution in [0.15, 0.2) is 51.8 Å². The van der Waals surface area contributed by atoms with E-state index >= 15 is 0 Å². The summed E-state index contributed by atoms with van der Waals surface area (Å²) in [7, 11) is -1.95. The molecule has 0 aromatic heterocycles. The Morgan fingerprint density at radius 2 is 1.45 bits per heavy atom. The minimum atomic E-state index is -3.54. The van der Waals surface area contributed by atoms with Gasteiger partial charge in [0.2, 0.25) is 0 Å². The molecule has 3 nitrogen and oxygen atoms in total. The Balaban J connectivity index is 2.52. The standard InChI is InChI=1S/C15H16BrNO2S/c1-11-5-4-6-12(2)15(11)17(3)20(18,19)14-9-7-13(16)8-10-14/h4-10H,1-3H3. The zero-order valence-electron chi connectivity index (χ0n) is 11.6. The quantitative estimate of drug-likeness (QED) is 0.839. The average molecular weight is 354 g/mol. The van der Waals surface area contributed by atoms with Crippen LogP contribution in [0.5, 0.6) is 0 Å². The first-order valence-electron chi connectivity index (χ1n) is 6.15. The van der Waals surface area contributed by atoms with E-state index in [1.807, 2.05) is 32.0 Å². The molecule has 0 atom stereocenters. The molecule has 5 heteroatoms. The van der Waals surface area contributed by atoms with E-state index in [1.54, 1.807) is 31.3 Å². The van der Waals surface area contributed by atoms with Crippen molar-refractivity contribution in [3.8, 4) is 0 Å². The first-order valence-corrected chi connectivity index (χ1v) is 8.38. The molecule has 0 unspecified atom stereocenters. The normalized spacial score (nSPS) is 11.4. The highest BCUT2D eigenvalue weighted by Gasteiger charge is 2.23. The third kappa shape index (κ3) is 2.74. The maximum atomic E-state index is 12.7. The van der Waals surface area contributed by atoms with Crippen LogP contribution in [0.4, 0.5) is 5.69 Å². The highest BCUT2D eigenvalue weighted by atomic mass is 79.9. The second kappa shape index (κ2) is 5.58. The number of sulfonamides is 1. The fourth-order valence-electron chi connectivity index (χ4n) is 2.19. The van der Waals surface area contributed by atoms with Gasteiger partial charge in [-0.3, -0.25) is 4.31 Å². The fourth-order valence-corrected chi connectivity index (χ4v) is 3.78. The number of rotatable bonds is 3. The van der Waals surface area contributed by atoms with Crippen molar-refractivity contribution in [3.63, 3.8) is 0 Å². The molecule has 2 rings (SSSR count). The van der Waals surface area contributed by atoms with Gasteiger partial charge in [-0.1, -0.05) is 34.1 Å². The smallest absolute Gasteiger partial charge is 0.264 e. The summed E-state index contributed by atoms with van der Waals surface area (Å²) in [6.07, 6.45) is 0. The second-order valence-corrected chi connectivity index (χ2v) is 7.55. The molecule has 0 amide bonds. The van der Waals surface area contributed by atoms with Crippen molar-refractivity contribution in [1.29, 1.82) is 0 Å². The van der Waals surface area contributed by atoms with Crippen LogP contribution in [0.2, 0.25) is 0 Å². The van der Waals surface area contributed by atoms with Crippen LogP contribution in [0.25, 0.3) is 0 Å². The number of hydrogen-bond donors (Lipinski definition) is 0. The molecule has 0 fully saturated rings. The Morgan fingerprint density at radius 3 is 1.95 bits per heavy atom. The minimum Gasteiger partial charge on any atom is -0.269 e. The summed E-state index contributed by atoms with van der Waals surface area (Å²) in [6, 6.07) is 12.4. The van der Waals surface area contributed by atoms with E-state index < -0.39 is 10.0 Å². The lowest BCUT2D eigenvalue weighted by Crippen LogP contribution is -2.27. The van der Waals surface area contributed by atoms with E-state index in [9.17, 15) is 8.42 Å². The van der Waals surface area contributed by atoms with Crippen molar-refractivity contribution in [1.82, 2.24) is 0 Å². The van der Waals surface area contributed by atoms with Gasteiger partial charge in [0.05, 0.1) is 10.6 Å². The van der Waals surface area contributed by atoms with Crippen LogP contribution in [-0.2, 0) is 10.0 Å². The van der Waals surface area contributed by atoms with Gasteiger partial charge in [-0.05, 0) is 49.2 Å². The number of anilines is 1.